The number of nitrogens with zero attached hydrogens (tertiary/aromatic N) is 1. The van der Waals surface area contributed by atoms with Crippen molar-refractivity contribution in [1.82, 2.24) is 5.32 Å². The van der Waals surface area contributed by atoms with Crippen LogP contribution in [0.2, 0.25) is 5.02 Å². The lowest BCUT2D eigenvalue weighted by Crippen LogP contribution is -2.54. The van der Waals surface area contributed by atoms with Crippen molar-refractivity contribution < 1.29 is 28.2 Å². The van der Waals surface area contributed by atoms with Gasteiger partial charge in [-0.15, -0.1) is 0 Å². The molecule has 1 saturated heterocycles. The second-order valence-electron chi connectivity index (χ2n) is 7.23. The van der Waals surface area contributed by atoms with E-state index in [4.69, 9.17) is 21.1 Å². The van der Waals surface area contributed by atoms with Gasteiger partial charge in [-0.2, -0.15) is 0 Å². The second kappa shape index (κ2) is 9.76. The molecule has 1 aliphatic heterocycles. The molecule has 172 valence electrons. The molecular weight excluding hydrogens is 463 g/mol. The molecule has 3 aromatic carbocycles. The minimum Gasteiger partial charge on any atom is -0.497 e. The highest BCUT2D eigenvalue weighted by atomic mass is 35.5. The third kappa shape index (κ3) is 4.77. The van der Waals surface area contributed by atoms with Gasteiger partial charge < -0.3 is 9.47 Å². The fourth-order valence-corrected chi connectivity index (χ4v) is 3.55. The van der Waals surface area contributed by atoms with Crippen molar-refractivity contribution in [2.75, 3.05) is 12.0 Å². The Labute approximate surface area is 199 Å². The molecule has 0 radical (unpaired) electrons. The Bertz CT molecular complexity index is 1320. The lowest BCUT2D eigenvalue weighted by molar-refractivity contribution is -0.122. The van der Waals surface area contributed by atoms with Gasteiger partial charge in [-0.3, -0.25) is 14.9 Å². The molecule has 4 rings (SSSR count). The number of barbiturate groups is 1. The highest BCUT2D eigenvalue weighted by Crippen LogP contribution is 2.30. The Morgan fingerprint density at radius 1 is 1.03 bits per heavy atom. The standard InChI is InChI=1S/C25H18ClFN2O5/c1-33-18-10-9-16(22(13-18)34-14-15-5-4-6-17(26)11-15)12-19-23(30)28-25(32)29(24(19)31)21-8-3-2-7-20(21)27/h2-13H,14H2,1H3,(H,28,30,32)/b19-12-. The maximum absolute atomic E-state index is 14.3. The molecule has 0 saturated carbocycles. The van der Waals surface area contributed by atoms with Gasteiger partial charge in [0.15, 0.2) is 0 Å². The summed E-state index contributed by atoms with van der Waals surface area (Å²) in [6.45, 7) is 0.157. The van der Waals surface area contributed by atoms with Crippen LogP contribution in [0, 0.1) is 5.82 Å². The minimum atomic E-state index is -1.04. The van der Waals surface area contributed by atoms with Crippen molar-refractivity contribution in [3.05, 3.63) is 94.3 Å². The van der Waals surface area contributed by atoms with Crippen molar-refractivity contribution in [3.8, 4) is 11.5 Å². The Balaban J connectivity index is 1.70. The maximum atomic E-state index is 14.3. The molecule has 0 aromatic heterocycles. The summed E-state index contributed by atoms with van der Waals surface area (Å²) in [5.41, 5.74) is 0.553. The van der Waals surface area contributed by atoms with Crippen LogP contribution < -0.4 is 19.7 Å². The SMILES string of the molecule is COc1ccc(/C=C2/C(=O)NC(=O)N(c3ccccc3F)C2=O)c(OCc2cccc(Cl)c2)c1. The quantitative estimate of drug-likeness (QED) is 0.407. The highest BCUT2D eigenvalue weighted by Gasteiger charge is 2.38. The molecular formula is C25H18ClFN2O5. The first-order chi connectivity index (χ1) is 16.4. The van der Waals surface area contributed by atoms with Crippen molar-refractivity contribution in [2.24, 2.45) is 0 Å². The molecule has 34 heavy (non-hydrogen) atoms. The fourth-order valence-electron chi connectivity index (χ4n) is 3.34. The zero-order valence-corrected chi connectivity index (χ0v) is 18.6. The van der Waals surface area contributed by atoms with Crippen LogP contribution in [-0.4, -0.2) is 25.0 Å². The molecule has 1 N–H and O–H groups in total. The van der Waals surface area contributed by atoms with Crippen LogP contribution in [0.25, 0.3) is 6.08 Å². The summed E-state index contributed by atoms with van der Waals surface area (Å²) >= 11 is 6.03. The van der Waals surface area contributed by atoms with Crippen LogP contribution in [0.4, 0.5) is 14.9 Å². The van der Waals surface area contributed by atoms with E-state index in [1.54, 1.807) is 36.4 Å². The summed E-state index contributed by atoms with van der Waals surface area (Å²) in [6.07, 6.45) is 1.28. The van der Waals surface area contributed by atoms with Crippen LogP contribution in [0.15, 0.2) is 72.3 Å². The molecule has 0 aliphatic carbocycles. The monoisotopic (exact) mass is 480 g/mol. The number of benzene rings is 3. The number of anilines is 1. The number of ether oxygens (including phenoxy) is 2. The number of hydrogen-bond donors (Lipinski definition) is 1. The fraction of sp³-hybridized carbons (Fsp3) is 0.0800. The van der Waals surface area contributed by atoms with E-state index in [-0.39, 0.29) is 17.9 Å². The van der Waals surface area contributed by atoms with Crippen LogP contribution in [0.5, 0.6) is 11.5 Å². The van der Waals surface area contributed by atoms with Gasteiger partial charge in [-0.05, 0) is 48.0 Å². The minimum absolute atomic E-state index is 0.157. The van der Waals surface area contributed by atoms with Crippen molar-refractivity contribution >= 4 is 41.2 Å². The normalized spacial score (nSPS) is 14.9. The van der Waals surface area contributed by atoms with E-state index in [1.807, 2.05) is 6.07 Å². The van der Waals surface area contributed by atoms with Crippen molar-refractivity contribution in [3.63, 3.8) is 0 Å². The van der Waals surface area contributed by atoms with Crippen LogP contribution in [-0.2, 0) is 16.2 Å². The predicted molar refractivity (Wildman–Crippen MR) is 124 cm³/mol. The lowest BCUT2D eigenvalue weighted by atomic mass is 10.1. The molecule has 0 unspecified atom stereocenters. The molecule has 0 spiro atoms. The summed E-state index contributed by atoms with van der Waals surface area (Å²) in [7, 11) is 1.49. The molecule has 0 atom stereocenters. The van der Waals surface area contributed by atoms with E-state index in [9.17, 15) is 18.8 Å². The summed E-state index contributed by atoms with van der Waals surface area (Å²) in [5.74, 6) is -1.84. The largest absolute Gasteiger partial charge is 0.497 e. The molecule has 9 heteroatoms. The molecule has 7 nitrogen and oxygen atoms in total. The van der Waals surface area contributed by atoms with Crippen molar-refractivity contribution in [1.29, 1.82) is 0 Å². The van der Waals surface area contributed by atoms with Gasteiger partial charge in [0.25, 0.3) is 11.8 Å². The number of rotatable bonds is 6. The Kier molecular flexibility index (Phi) is 6.60. The maximum Gasteiger partial charge on any atom is 0.336 e. The summed E-state index contributed by atoms with van der Waals surface area (Å²) in [4.78, 5) is 38.5. The summed E-state index contributed by atoms with van der Waals surface area (Å²) in [6, 6.07) is 16.2. The van der Waals surface area contributed by atoms with E-state index in [1.165, 1.54) is 31.4 Å². The zero-order chi connectivity index (χ0) is 24.2. The molecule has 3 aromatic rings. The smallest absolute Gasteiger partial charge is 0.336 e. The number of imide groups is 2. The zero-order valence-electron chi connectivity index (χ0n) is 17.9. The Hall–Kier alpha value is -4.17. The summed E-state index contributed by atoms with van der Waals surface area (Å²) in [5, 5.41) is 2.63. The number of para-hydroxylation sites is 1. The van der Waals surface area contributed by atoms with Gasteiger partial charge in [-0.1, -0.05) is 35.9 Å². The third-order valence-corrected chi connectivity index (χ3v) is 5.23. The molecule has 1 heterocycles. The number of methoxy groups -OCH3 is 1. The van der Waals surface area contributed by atoms with Gasteiger partial charge in [0, 0.05) is 16.7 Å². The molecule has 0 bridgehead atoms. The first kappa shape index (κ1) is 23.0. The van der Waals surface area contributed by atoms with Crippen LogP contribution in [0.3, 0.4) is 0 Å². The van der Waals surface area contributed by atoms with Crippen LogP contribution >= 0.6 is 11.6 Å². The highest BCUT2D eigenvalue weighted by molar-refractivity contribution is 6.39. The number of hydrogen-bond acceptors (Lipinski definition) is 5. The lowest BCUT2D eigenvalue weighted by Gasteiger charge is -2.26. The Morgan fingerprint density at radius 2 is 1.82 bits per heavy atom. The molecule has 1 aliphatic rings. The van der Waals surface area contributed by atoms with Crippen LogP contribution in [0.1, 0.15) is 11.1 Å². The van der Waals surface area contributed by atoms with Gasteiger partial charge in [-0.25, -0.2) is 14.1 Å². The summed E-state index contributed by atoms with van der Waals surface area (Å²) < 4.78 is 25.5. The van der Waals surface area contributed by atoms with Gasteiger partial charge >= 0.3 is 6.03 Å². The number of nitrogens with one attached hydrogen (secondary N) is 1. The second-order valence-corrected chi connectivity index (χ2v) is 7.67. The topological polar surface area (TPSA) is 84.9 Å². The van der Waals surface area contributed by atoms with E-state index in [2.05, 4.69) is 5.32 Å². The average Bonchev–Trinajstić information content (AvgIpc) is 2.82. The number of carbonyl (C=O) groups is 3. The number of amides is 4. The van der Waals surface area contributed by atoms with E-state index >= 15 is 0 Å². The molecule has 1 fully saturated rings. The first-order valence-corrected chi connectivity index (χ1v) is 10.5. The Morgan fingerprint density at radius 3 is 2.56 bits per heavy atom. The number of halogens is 2. The number of carbonyl (C=O) groups excluding carboxylic acids is 3. The van der Waals surface area contributed by atoms with Gasteiger partial charge in [0.1, 0.15) is 29.5 Å². The molecule has 4 amide bonds. The van der Waals surface area contributed by atoms with Crippen molar-refractivity contribution in [2.45, 2.75) is 6.61 Å². The predicted octanol–water partition coefficient (Wildman–Crippen LogP) is 4.73. The van der Waals surface area contributed by atoms with Gasteiger partial charge in [0.2, 0.25) is 0 Å². The van der Waals surface area contributed by atoms with E-state index < -0.39 is 23.7 Å². The van der Waals surface area contributed by atoms with E-state index in [0.717, 1.165) is 11.6 Å². The van der Waals surface area contributed by atoms with E-state index in [0.29, 0.717) is 27.0 Å². The average molecular weight is 481 g/mol. The third-order valence-electron chi connectivity index (χ3n) is 5.00. The van der Waals surface area contributed by atoms with Gasteiger partial charge in [0.05, 0.1) is 12.8 Å². The number of urea groups is 1. The first-order valence-electron chi connectivity index (χ1n) is 10.1.